The molecule has 1 atom stereocenters. The van der Waals surface area contributed by atoms with E-state index in [4.69, 9.17) is 23.2 Å². The molecule has 0 aromatic heterocycles. The van der Waals surface area contributed by atoms with Gasteiger partial charge in [-0.1, -0.05) is 55.2 Å². The first-order chi connectivity index (χ1) is 16.7. The number of rotatable bonds is 11. The number of benzene rings is 2. The van der Waals surface area contributed by atoms with Crippen molar-refractivity contribution in [1.82, 2.24) is 14.5 Å². The summed E-state index contributed by atoms with van der Waals surface area (Å²) in [5, 5.41) is 3.46. The summed E-state index contributed by atoms with van der Waals surface area (Å²) in [6.45, 7) is 4.95. The minimum Gasteiger partial charge on any atom is -0.354 e. The van der Waals surface area contributed by atoms with Gasteiger partial charge in [0.15, 0.2) is 0 Å². The first-order valence-electron chi connectivity index (χ1n) is 11.2. The number of hydrogen-bond donors (Lipinski definition) is 1. The fourth-order valence-corrected chi connectivity index (χ4v) is 4.76. The second-order valence-electron chi connectivity index (χ2n) is 8.82. The molecule has 1 N–H and O–H groups in total. The lowest BCUT2D eigenvalue weighted by Gasteiger charge is -2.33. The second kappa shape index (κ2) is 12.7. The molecule has 2 amide bonds. The maximum Gasteiger partial charge on any atom is 0.304 e. The van der Waals surface area contributed by atoms with Crippen molar-refractivity contribution in [1.29, 1.82) is 0 Å². The molecule has 0 heterocycles. The highest BCUT2D eigenvalue weighted by Gasteiger charge is 2.34. The molecule has 0 radical (unpaired) electrons. The molecular formula is C24H31Cl2FN4O4S. The molecule has 0 aliphatic heterocycles. The van der Waals surface area contributed by atoms with E-state index in [0.29, 0.717) is 21.4 Å². The highest BCUT2D eigenvalue weighted by Crippen LogP contribution is 2.26. The van der Waals surface area contributed by atoms with Gasteiger partial charge in [-0.2, -0.15) is 12.7 Å². The third kappa shape index (κ3) is 7.55. The van der Waals surface area contributed by atoms with Crippen LogP contribution in [0, 0.1) is 11.7 Å². The van der Waals surface area contributed by atoms with E-state index in [1.54, 1.807) is 12.1 Å². The van der Waals surface area contributed by atoms with Gasteiger partial charge < -0.3 is 10.2 Å². The number of anilines is 1. The molecule has 2 rings (SSSR count). The van der Waals surface area contributed by atoms with Gasteiger partial charge in [-0.25, -0.2) is 8.70 Å². The summed E-state index contributed by atoms with van der Waals surface area (Å²) < 4.78 is 42.3. The van der Waals surface area contributed by atoms with Crippen LogP contribution in [0.5, 0.6) is 0 Å². The van der Waals surface area contributed by atoms with Crippen LogP contribution in [-0.4, -0.2) is 62.7 Å². The molecule has 0 saturated carbocycles. The minimum absolute atomic E-state index is 0.0990. The Morgan fingerprint density at radius 1 is 1.06 bits per heavy atom. The number of amides is 2. The maximum absolute atomic E-state index is 14.6. The van der Waals surface area contributed by atoms with E-state index in [2.05, 4.69) is 5.32 Å². The largest absolute Gasteiger partial charge is 0.354 e. The van der Waals surface area contributed by atoms with Gasteiger partial charge in [0.05, 0.1) is 5.69 Å². The number of halogens is 3. The van der Waals surface area contributed by atoms with Crippen LogP contribution in [-0.2, 0) is 26.3 Å². The lowest BCUT2D eigenvalue weighted by Crippen LogP contribution is -2.52. The van der Waals surface area contributed by atoms with Crippen molar-refractivity contribution >= 4 is 50.9 Å². The number of carbonyl (C=O) groups excluding carboxylic acids is 2. The van der Waals surface area contributed by atoms with Gasteiger partial charge >= 0.3 is 10.2 Å². The molecule has 0 saturated heterocycles. The summed E-state index contributed by atoms with van der Waals surface area (Å²) in [5.74, 6) is -1.78. The van der Waals surface area contributed by atoms with Crippen molar-refractivity contribution < 1.29 is 22.4 Å². The van der Waals surface area contributed by atoms with E-state index in [-0.39, 0.29) is 23.2 Å². The molecule has 12 heteroatoms. The van der Waals surface area contributed by atoms with Gasteiger partial charge in [-0.15, -0.1) is 0 Å². The van der Waals surface area contributed by atoms with Crippen LogP contribution in [0.15, 0.2) is 42.5 Å². The second-order valence-corrected chi connectivity index (χ2v) is 11.7. The van der Waals surface area contributed by atoms with Crippen LogP contribution in [0.25, 0.3) is 0 Å². The highest BCUT2D eigenvalue weighted by atomic mass is 35.5. The van der Waals surface area contributed by atoms with Gasteiger partial charge in [0.2, 0.25) is 11.8 Å². The van der Waals surface area contributed by atoms with Crippen molar-refractivity contribution in [2.75, 3.05) is 31.5 Å². The number of nitrogens with one attached hydrogen (secondary N) is 1. The number of carbonyl (C=O) groups is 2. The zero-order valence-corrected chi connectivity index (χ0v) is 23.2. The Hall–Kier alpha value is -2.40. The minimum atomic E-state index is -4.26. The standard InChI is InChI=1S/C24H31Cl2FN4O4S/c1-16(2)13-28-24(33)17(3)30(14-18-10-11-19(25)12-20(18)26)23(32)15-31(36(34,35)29(4)5)22-9-7-6-8-21(22)27/h6-12,16-17H,13-15H2,1-5H3,(H,28,33). The molecule has 2 aromatic carbocycles. The average Bonchev–Trinajstić information content (AvgIpc) is 2.80. The lowest BCUT2D eigenvalue weighted by atomic mass is 10.1. The molecule has 1 unspecified atom stereocenters. The van der Waals surface area contributed by atoms with Crippen LogP contribution < -0.4 is 9.62 Å². The number of para-hydroxylation sites is 1. The molecular weight excluding hydrogens is 530 g/mol. The smallest absolute Gasteiger partial charge is 0.304 e. The Morgan fingerprint density at radius 3 is 2.25 bits per heavy atom. The first-order valence-corrected chi connectivity index (χ1v) is 13.4. The maximum atomic E-state index is 14.6. The quantitative estimate of drug-likeness (QED) is 0.450. The van der Waals surface area contributed by atoms with Gasteiger partial charge in [-0.05, 0) is 42.7 Å². The molecule has 0 aliphatic carbocycles. The van der Waals surface area contributed by atoms with Crippen LogP contribution in [0.3, 0.4) is 0 Å². The monoisotopic (exact) mass is 560 g/mol. The Balaban J connectivity index is 2.48. The molecule has 0 bridgehead atoms. The van der Waals surface area contributed by atoms with Crippen molar-refractivity contribution in [2.24, 2.45) is 5.92 Å². The summed E-state index contributed by atoms with van der Waals surface area (Å²) in [6, 6.07) is 8.99. The van der Waals surface area contributed by atoms with E-state index < -0.39 is 40.4 Å². The normalized spacial score (nSPS) is 12.5. The van der Waals surface area contributed by atoms with E-state index in [9.17, 15) is 22.4 Å². The first kappa shape index (κ1) is 29.8. The number of nitrogens with zero attached hydrogens (tertiary/aromatic N) is 3. The molecule has 0 spiro atoms. The lowest BCUT2D eigenvalue weighted by molar-refractivity contribution is -0.139. The van der Waals surface area contributed by atoms with E-state index >= 15 is 0 Å². The van der Waals surface area contributed by atoms with E-state index in [0.717, 1.165) is 10.4 Å². The van der Waals surface area contributed by atoms with Crippen molar-refractivity contribution in [2.45, 2.75) is 33.4 Å². The predicted molar refractivity (Wildman–Crippen MR) is 141 cm³/mol. The SMILES string of the molecule is CC(C)CNC(=O)C(C)N(Cc1ccc(Cl)cc1Cl)C(=O)CN(c1ccccc1F)S(=O)(=O)N(C)C. The molecule has 2 aromatic rings. The van der Waals surface area contributed by atoms with Crippen molar-refractivity contribution in [3.63, 3.8) is 0 Å². The molecule has 198 valence electrons. The average molecular weight is 562 g/mol. The molecule has 36 heavy (non-hydrogen) atoms. The third-order valence-corrected chi connectivity index (χ3v) is 7.74. The van der Waals surface area contributed by atoms with E-state index in [1.807, 2.05) is 13.8 Å². The fourth-order valence-electron chi connectivity index (χ4n) is 3.22. The fraction of sp³-hybridized carbons (Fsp3) is 0.417. The summed E-state index contributed by atoms with van der Waals surface area (Å²) in [5.41, 5.74) is 0.215. The van der Waals surface area contributed by atoms with Gasteiger partial charge in [0.25, 0.3) is 0 Å². The Morgan fingerprint density at radius 2 is 1.69 bits per heavy atom. The number of hydrogen-bond acceptors (Lipinski definition) is 4. The molecule has 8 nitrogen and oxygen atoms in total. The summed E-state index contributed by atoms with van der Waals surface area (Å²) in [7, 11) is -1.70. The molecule has 0 fully saturated rings. The predicted octanol–water partition coefficient (Wildman–Crippen LogP) is 3.93. The van der Waals surface area contributed by atoms with Gasteiger partial charge in [0.1, 0.15) is 18.4 Å². The topological polar surface area (TPSA) is 90.0 Å². The van der Waals surface area contributed by atoms with Crippen LogP contribution in [0.2, 0.25) is 10.0 Å². The molecule has 0 aliphatic rings. The zero-order chi connectivity index (χ0) is 27.2. The third-order valence-electron chi connectivity index (χ3n) is 5.35. The summed E-state index contributed by atoms with van der Waals surface area (Å²) >= 11 is 12.3. The zero-order valence-electron chi connectivity index (χ0n) is 20.8. The van der Waals surface area contributed by atoms with Gasteiger partial charge in [-0.3, -0.25) is 9.59 Å². The Bertz CT molecular complexity index is 1190. The van der Waals surface area contributed by atoms with Crippen molar-refractivity contribution in [3.05, 3.63) is 63.9 Å². The highest BCUT2D eigenvalue weighted by molar-refractivity contribution is 7.90. The van der Waals surface area contributed by atoms with Gasteiger partial charge in [0, 0.05) is 37.2 Å². The Labute approximate surface area is 222 Å². The van der Waals surface area contributed by atoms with E-state index in [1.165, 1.54) is 50.2 Å². The Kier molecular flexibility index (Phi) is 10.5. The van der Waals surface area contributed by atoms with Crippen LogP contribution >= 0.6 is 23.2 Å². The summed E-state index contributed by atoms with van der Waals surface area (Å²) in [4.78, 5) is 27.7. The van der Waals surface area contributed by atoms with Crippen LogP contribution in [0.4, 0.5) is 10.1 Å². The van der Waals surface area contributed by atoms with Crippen molar-refractivity contribution in [3.8, 4) is 0 Å². The summed E-state index contributed by atoms with van der Waals surface area (Å²) in [6.07, 6.45) is 0. The van der Waals surface area contributed by atoms with Crippen LogP contribution in [0.1, 0.15) is 26.3 Å².